The smallest absolute Gasteiger partial charge is 0.123 e. The lowest BCUT2D eigenvalue weighted by Crippen LogP contribution is -2.28. The second kappa shape index (κ2) is 7.47. The van der Waals surface area contributed by atoms with Crippen LogP contribution >= 0.6 is 0 Å². The molecule has 0 spiro atoms. The van der Waals surface area contributed by atoms with Crippen molar-refractivity contribution in [1.29, 1.82) is 0 Å². The van der Waals surface area contributed by atoms with Crippen LogP contribution in [0, 0.1) is 0 Å². The average molecular weight is 312 g/mol. The van der Waals surface area contributed by atoms with E-state index in [1.807, 2.05) is 24.5 Å². The van der Waals surface area contributed by atoms with Gasteiger partial charge < -0.3 is 9.47 Å². The third-order valence-electron chi connectivity index (χ3n) is 4.36. The molecule has 1 saturated carbocycles. The molecule has 0 amide bonds. The van der Waals surface area contributed by atoms with E-state index < -0.39 is 0 Å². The monoisotopic (exact) mass is 312 g/mol. The molecule has 0 aliphatic heterocycles. The summed E-state index contributed by atoms with van der Waals surface area (Å²) in [6.45, 7) is 1.95. The summed E-state index contributed by atoms with van der Waals surface area (Å²) in [6, 6.07) is 10.9. The van der Waals surface area contributed by atoms with Crippen LogP contribution in [0.5, 0.6) is 11.5 Å². The molecule has 122 valence electrons. The molecule has 1 aromatic carbocycles. The number of aromatic nitrogens is 1. The molecule has 0 unspecified atom stereocenters. The normalized spacial score (nSPS) is 14.0. The Morgan fingerprint density at radius 2 is 1.87 bits per heavy atom. The molecule has 0 atom stereocenters. The molecule has 4 nitrogen and oxygen atoms in total. The second-order valence-corrected chi connectivity index (χ2v) is 5.98. The van der Waals surface area contributed by atoms with Gasteiger partial charge in [-0.15, -0.1) is 0 Å². The predicted octanol–water partition coefficient (Wildman–Crippen LogP) is 3.31. The van der Waals surface area contributed by atoms with Gasteiger partial charge in [0.05, 0.1) is 14.2 Å². The highest BCUT2D eigenvalue weighted by Gasteiger charge is 2.29. The van der Waals surface area contributed by atoms with E-state index in [1.54, 1.807) is 14.2 Å². The maximum absolute atomic E-state index is 5.52. The minimum atomic E-state index is 0.702. The molecule has 0 N–H and O–H groups in total. The molecular weight excluding hydrogens is 288 g/mol. The van der Waals surface area contributed by atoms with E-state index in [0.717, 1.165) is 31.0 Å². The SMILES string of the molecule is COc1ccc(OC)c(CN(CCc2ccncc2)C2CC2)c1. The summed E-state index contributed by atoms with van der Waals surface area (Å²) in [5, 5.41) is 0. The summed E-state index contributed by atoms with van der Waals surface area (Å²) >= 11 is 0. The number of methoxy groups -OCH3 is 2. The molecule has 1 heterocycles. The van der Waals surface area contributed by atoms with E-state index in [-0.39, 0.29) is 0 Å². The Kier molecular flexibility index (Phi) is 5.13. The van der Waals surface area contributed by atoms with Crippen molar-refractivity contribution in [3.63, 3.8) is 0 Å². The maximum Gasteiger partial charge on any atom is 0.123 e. The maximum atomic E-state index is 5.52. The molecule has 3 rings (SSSR count). The fourth-order valence-corrected chi connectivity index (χ4v) is 2.88. The molecule has 1 aliphatic rings. The zero-order valence-corrected chi connectivity index (χ0v) is 13.9. The largest absolute Gasteiger partial charge is 0.497 e. The first kappa shape index (κ1) is 15.8. The van der Waals surface area contributed by atoms with Gasteiger partial charge >= 0.3 is 0 Å². The van der Waals surface area contributed by atoms with Crippen molar-refractivity contribution in [2.45, 2.75) is 31.8 Å². The highest BCUT2D eigenvalue weighted by atomic mass is 16.5. The number of rotatable bonds is 8. The summed E-state index contributed by atoms with van der Waals surface area (Å²) in [5.74, 6) is 1.81. The number of hydrogen-bond donors (Lipinski definition) is 0. The molecule has 1 aromatic heterocycles. The first-order valence-corrected chi connectivity index (χ1v) is 8.14. The van der Waals surface area contributed by atoms with Crippen LogP contribution in [0.4, 0.5) is 0 Å². The minimum Gasteiger partial charge on any atom is -0.497 e. The van der Waals surface area contributed by atoms with E-state index >= 15 is 0 Å². The summed E-state index contributed by atoms with van der Waals surface area (Å²) in [6.07, 6.45) is 7.36. The quantitative estimate of drug-likeness (QED) is 0.749. The molecule has 4 heteroatoms. The van der Waals surface area contributed by atoms with Gasteiger partial charge in [0.2, 0.25) is 0 Å². The first-order chi connectivity index (χ1) is 11.3. The first-order valence-electron chi connectivity index (χ1n) is 8.14. The predicted molar refractivity (Wildman–Crippen MR) is 90.9 cm³/mol. The van der Waals surface area contributed by atoms with Crippen LogP contribution in [0.15, 0.2) is 42.7 Å². The lowest BCUT2D eigenvalue weighted by Gasteiger charge is -2.23. The Morgan fingerprint density at radius 1 is 1.09 bits per heavy atom. The average Bonchev–Trinajstić information content (AvgIpc) is 3.44. The second-order valence-electron chi connectivity index (χ2n) is 5.98. The number of pyridine rings is 1. The number of ether oxygens (including phenoxy) is 2. The van der Waals surface area contributed by atoms with Crippen molar-refractivity contribution in [3.8, 4) is 11.5 Å². The van der Waals surface area contributed by atoms with Gasteiger partial charge in [0.15, 0.2) is 0 Å². The molecule has 0 saturated heterocycles. The van der Waals surface area contributed by atoms with E-state index in [1.165, 1.54) is 24.0 Å². The highest BCUT2D eigenvalue weighted by Crippen LogP contribution is 2.32. The van der Waals surface area contributed by atoms with Gasteiger partial charge in [0.25, 0.3) is 0 Å². The van der Waals surface area contributed by atoms with Crippen molar-refractivity contribution in [1.82, 2.24) is 9.88 Å². The molecule has 1 aliphatic carbocycles. The van der Waals surface area contributed by atoms with Gasteiger partial charge in [0.1, 0.15) is 11.5 Å². The lowest BCUT2D eigenvalue weighted by atomic mass is 10.1. The molecule has 0 bridgehead atoms. The molecule has 1 fully saturated rings. The summed E-state index contributed by atoms with van der Waals surface area (Å²) < 4.78 is 10.9. The van der Waals surface area contributed by atoms with Crippen molar-refractivity contribution >= 4 is 0 Å². The van der Waals surface area contributed by atoms with Crippen LogP contribution < -0.4 is 9.47 Å². The standard InChI is InChI=1S/C19H24N2O2/c1-22-18-5-6-19(23-2)16(13-18)14-21(17-3-4-17)12-9-15-7-10-20-11-8-15/h5-8,10-11,13,17H,3-4,9,12,14H2,1-2H3. The molecule has 23 heavy (non-hydrogen) atoms. The summed E-state index contributed by atoms with van der Waals surface area (Å²) in [5.41, 5.74) is 2.52. The van der Waals surface area contributed by atoms with Gasteiger partial charge in [-0.3, -0.25) is 9.88 Å². The Labute approximate surface area is 138 Å². The van der Waals surface area contributed by atoms with Crippen LogP contribution in [0.25, 0.3) is 0 Å². The molecule has 0 radical (unpaired) electrons. The van der Waals surface area contributed by atoms with Crippen LogP contribution in [-0.2, 0) is 13.0 Å². The number of nitrogens with zero attached hydrogens (tertiary/aromatic N) is 2. The van der Waals surface area contributed by atoms with Gasteiger partial charge in [0, 0.05) is 37.1 Å². The van der Waals surface area contributed by atoms with E-state index in [0.29, 0.717) is 6.04 Å². The Balaban J connectivity index is 1.70. The van der Waals surface area contributed by atoms with Crippen LogP contribution in [0.3, 0.4) is 0 Å². The molecular formula is C19H24N2O2. The van der Waals surface area contributed by atoms with E-state index in [4.69, 9.17) is 9.47 Å². The van der Waals surface area contributed by atoms with Crippen molar-refractivity contribution in [2.24, 2.45) is 0 Å². The van der Waals surface area contributed by atoms with Crippen LogP contribution in [0.2, 0.25) is 0 Å². The zero-order chi connectivity index (χ0) is 16.1. The highest BCUT2D eigenvalue weighted by molar-refractivity contribution is 5.40. The van der Waals surface area contributed by atoms with Crippen molar-refractivity contribution < 1.29 is 9.47 Å². The lowest BCUT2D eigenvalue weighted by molar-refractivity contribution is 0.253. The molecule has 2 aromatic rings. The van der Waals surface area contributed by atoms with Gasteiger partial charge in [-0.05, 0) is 55.2 Å². The van der Waals surface area contributed by atoms with Gasteiger partial charge in [-0.25, -0.2) is 0 Å². The number of benzene rings is 1. The Bertz CT molecular complexity index is 627. The Hall–Kier alpha value is -2.07. The fourth-order valence-electron chi connectivity index (χ4n) is 2.88. The zero-order valence-electron chi connectivity index (χ0n) is 13.9. The summed E-state index contributed by atoms with van der Waals surface area (Å²) in [4.78, 5) is 6.64. The van der Waals surface area contributed by atoms with Crippen molar-refractivity contribution in [3.05, 3.63) is 53.9 Å². The van der Waals surface area contributed by atoms with Crippen molar-refractivity contribution in [2.75, 3.05) is 20.8 Å². The van der Waals surface area contributed by atoms with E-state index in [2.05, 4.69) is 28.1 Å². The fraction of sp³-hybridized carbons (Fsp3) is 0.421. The topological polar surface area (TPSA) is 34.6 Å². The van der Waals surface area contributed by atoms with E-state index in [9.17, 15) is 0 Å². The summed E-state index contributed by atoms with van der Waals surface area (Å²) in [7, 11) is 3.43. The number of hydrogen-bond acceptors (Lipinski definition) is 4. The van der Waals surface area contributed by atoms with Crippen LogP contribution in [0.1, 0.15) is 24.0 Å². The van der Waals surface area contributed by atoms with Gasteiger partial charge in [-0.2, -0.15) is 0 Å². The Morgan fingerprint density at radius 3 is 2.52 bits per heavy atom. The minimum absolute atomic E-state index is 0.702. The van der Waals surface area contributed by atoms with Gasteiger partial charge in [-0.1, -0.05) is 0 Å². The third kappa shape index (κ3) is 4.23. The van der Waals surface area contributed by atoms with Crippen LogP contribution in [-0.4, -0.2) is 36.7 Å². The third-order valence-corrected chi connectivity index (χ3v) is 4.36.